The number of thiazole rings is 1. The minimum Gasteiger partial charge on any atom is -0.481 e. The Morgan fingerprint density at radius 1 is 1.00 bits per heavy atom. The van der Waals surface area contributed by atoms with E-state index in [1.165, 1.54) is 0 Å². The number of anilines is 1. The van der Waals surface area contributed by atoms with Gasteiger partial charge in [-0.05, 0) is 55.0 Å². The predicted octanol–water partition coefficient (Wildman–Crippen LogP) is 4.83. The van der Waals surface area contributed by atoms with Crippen LogP contribution in [0.5, 0.6) is 0 Å². The SMILES string of the molecule is O=C(O)CCC(=O)N(C1CC1)C1c2ccccc2N(C(=O)c2ccc(-c3c[nH]c(=O)s3)cc2)C2CCCC21. The number of fused-ring (bicyclic) bond motifs is 2. The quantitative estimate of drug-likeness (QED) is 0.454. The van der Waals surface area contributed by atoms with E-state index in [2.05, 4.69) is 4.98 Å². The summed E-state index contributed by atoms with van der Waals surface area (Å²) in [5, 5.41) is 9.17. The highest BCUT2D eigenvalue weighted by Crippen LogP contribution is 2.53. The normalized spacial score (nSPS) is 22.0. The number of hydrogen-bond acceptors (Lipinski definition) is 5. The van der Waals surface area contributed by atoms with Gasteiger partial charge in [-0.2, -0.15) is 0 Å². The summed E-state index contributed by atoms with van der Waals surface area (Å²) in [5.74, 6) is -1.05. The Morgan fingerprint density at radius 3 is 2.45 bits per heavy atom. The first kappa shape index (κ1) is 24.6. The molecule has 8 nitrogen and oxygen atoms in total. The monoisotopic (exact) mass is 531 g/mol. The number of para-hydroxylation sites is 1. The van der Waals surface area contributed by atoms with Gasteiger partial charge in [0.2, 0.25) is 5.91 Å². The van der Waals surface area contributed by atoms with E-state index in [1.54, 1.807) is 6.20 Å². The van der Waals surface area contributed by atoms with Crippen LogP contribution < -0.4 is 9.77 Å². The maximum absolute atomic E-state index is 14.0. The highest BCUT2D eigenvalue weighted by atomic mass is 32.1. The molecule has 9 heteroatoms. The fourth-order valence-electron chi connectivity index (χ4n) is 6.26. The number of nitrogens with one attached hydrogen (secondary N) is 1. The van der Waals surface area contributed by atoms with Crippen LogP contribution in [-0.4, -0.2) is 44.9 Å². The number of carbonyl (C=O) groups excluding carboxylic acids is 2. The summed E-state index contributed by atoms with van der Waals surface area (Å²) in [6, 6.07) is 15.2. The zero-order valence-electron chi connectivity index (χ0n) is 20.8. The van der Waals surface area contributed by atoms with E-state index in [0.717, 1.165) is 65.1 Å². The van der Waals surface area contributed by atoms with Crippen molar-refractivity contribution in [1.29, 1.82) is 0 Å². The second kappa shape index (κ2) is 9.87. The van der Waals surface area contributed by atoms with E-state index >= 15 is 0 Å². The smallest absolute Gasteiger partial charge is 0.305 e. The third-order valence-corrected chi connectivity index (χ3v) is 8.90. The predicted molar refractivity (Wildman–Crippen MR) is 144 cm³/mol. The second-order valence-electron chi connectivity index (χ2n) is 10.4. The van der Waals surface area contributed by atoms with E-state index in [-0.39, 0.29) is 53.6 Å². The Kier molecular flexibility index (Phi) is 6.39. The molecular formula is C29H29N3O5S. The van der Waals surface area contributed by atoms with Crippen LogP contribution in [0.3, 0.4) is 0 Å². The molecule has 3 unspecified atom stereocenters. The molecule has 38 heavy (non-hydrogen) atoms. The van der Waals surface area contributed by atoms with E-state index in [1.807, 2.05) is 58.3 Å². The number of aliphatic carboxylic acids is 1. The molecule has 3 atom stereocenters. The lowest BCUT2D eigenvalue weighted by atomic mass is 9.81. The summed E-state index contributed by atoms with van der Waals surface area (Å²) >= 11 is 1.13. The summed E-state index contributed by atoms with van der Waals surface area (Å²) in [6.45, 7) is 0. The number of benzene rings is 2. The number of H-pyrrole nitrogens is 1. The maximum Gasteiger partial charge on any atom is 0.305 e. The Hall–Kier alpha value is -3.72. The average molecular weight is 532 g/mol. The molecule has 2 saturated carbocycles. The molecule has 3 aliphatic rings. The average Bonchev–Trinajstić information content (AvgIpc) is 3.46. The van der Waals surface area contributed by atoms with Crippen molar-refractivity contribution in [3.8, 4) is 10.4 Å². The first-order chi connectivity index (χ1) is 18.4. The van der Waals surface area contributed by atoms with E-state index in [4.69, 9.17) is 0 Å². The van der Waals surface area contributed by atoms with Crippen LogP contribution >= 0.6 is 11.3 Å². The Balaban J connectivity index is 1.35. The number of carbonyl (C=O) groups is 3. The first-order valence-electron chi connectivity index (χ1n) is 13.2. The minimum absolute atomic E-state index is 0.00722. The van der Waals surface area contributed by atoms with Crippen LogP contribution in [0.4, 0.5) is 5.69 Å². The molecule has 6 rings (SSSR count). The number of hydrogen-bond donors (Lipinski definition) is 2. The zero-order chi connectivity index (χ0) is 26.4. The summed E-state index contributed by atoms with van der Waals surface area (Å²) in [6.07, 6.45) is 6.09. The van der Waals surface area contributed by atoms with Gasteiger partial charge in [-0.1, -0.05) is 48.1 Å². The summed E-state index contributed by atoms with van der Waals surface area (Å²) in [5.41, 5.74) is 3.25. The van der Waals surface area contributed by atoms with Crippen molar-refractivity contribution in [2.24, 2.45) is 5.92 Å². The highest BCUT2D eigenvalue weighted by molar-refractivity contribution is 7.12. The largest absolute Gasteiger partial charge is 0.481 e. The second-order valence-corrected chi connectivity index (χ2v) is 11.4. The lowest BCUT2D eigenvalue weighted by Crippen LogP contribution is -2.52. The Morgan fingerprint density at radius 2 is 1.76 bits per heavy atom. The van der Waals surface area contributed by atoms with Crippen molar-refractivity contribution in [3.05, 3.63) is 75.5 Å². The fraction of sp³-hybridized carbons (Fsp3) is 0.379. The third-order valence-electron chi connectivity index (χ3n) is 8.02. The molecule has 1 aromatic heterocycles. The van der Waals surface area contributed by atoms with Gasteiger partial charge >= 0.3 is 10.8 Å². The fourth-order valence-corrected chi connectivity index (χ4v) is 6.95. The number of carboxylic acid groups (broad SMARTS) is 1. The molecule has 2 N–H and O–H groups in total. The van der Waals surface area contributed by atoms with Gasteiger partial charge < -0.3 is 19.9 Å². The zero-order valence-corrected chi connectivity index (χ0v) is 21.7. The third kappa shape index (κ3) is 4.45. The van der Waals surface area contributed by atoms with Crippen LogP contribution in [0.2, 0.25) is 0 Å². The summed E-state index contributed by atoms with van der Waals surface area (Å²) in [7, 11) is 0. The standard InChI is InChI=1S/C29H29N3O5S/c33-25(14-15-26(34)35)31(19-12-13-19)27-20-4-1-2-6-22(20)32(23-7-3-5-21(23)27)28(36)18-10-8-17(9-11-18)24-16-30-29(37)38-24/h1-2,4,6,8-11,16,19,21,23,27H,3,5,7,12-15H2,(H,30,37)(H,34,35). The van der Waals surface area contributed by atoms with Gasteiger partial charge in [0.25, 0.3) is 5.91 Å². The van der Waals surface area contributed by atoms with Crippen LogP contribution in [-0.2, 0) is 9.59 Å². The summed E-state index contributed by atoms with van der Waals surface area (Å²) in [4.78, 5) is 57.4. The Bertz CT molecular complexity index is 1440. The topological polar surface area (TPSA) is 111 Å². The van der Waals surface area contributed by atoms with Crippen molar-refractivity contribution in [3.63, 3.8) is 0 Å². The molecule has 0 spiro atoms. The van der Waals surface area contributed by atoms with Crippen molar-refractivity contribution in [1.82, 2.24) is 9.88 Å². The van der Waals surface area contributed by atoms with Crippen molar-refractivity contribution < 1.29 is 19.5 Å². The number of carboxylic acids is 1. The Labute approximate surface area is 223 Å². The van der Waals surface area contributed by atoms with E-state index < -0.39 is 5.97 Å². The van der Waals surface area contributed by atoms with E-state index in [0.29, 0.717) is 5.56 Å². The summed E-state index contributed by atoms with van der Waals surface area (Å²) < 4.78 is 0. The van der Waals surface area contributed by atoms with Crippen LogP contribution in [0.25, 0.3) is 10.4 Å². The molecular weight excluding hydrogens is 502 g/mol. The minimum atomic E-state index is -0.967. The molecule has 2 aromatic carbocycles. The molecule has 3 aromatic rings. The van der Waals surface area contributed by atoms with Gasteiger partial charge in [0.15, 0.2) is 0 Å². The maximum atomic E-state index is 14.0. The van der Waals surface area contributed by atoms with Gasteiger partial charge in [0, 0.05) is 41.9 Å². The number of nitrogens with zero attached hydrogens (tertiary/aromatic N) is 2. The lowest BCUT2D eigenvalue weighted by molar-refractivity contribution is -0.142. The lowest BCUT2D eigenvalue weighted by Gasteiger charge is -2.48. The molecule has 2 aliphatic carbocycles. The van der Waals surface area contributed by atoms with Crippen molar-refractivity contribution >= 4 is 34.8 Å². The number of amides is 2. The number of rotatable bonds is 7. The number of aromatic amines is 1. The van der Waals surface area contributed by atoms with Crippen molar-refractivity contribution in [2.75, 3.05) is 4.90 Å². The van der Waals surface area contributed by atoms with Gasteiger partial charge in [-0.25, -0.2) is 0 Å². The van der Waals surface area contributed by atoms with E-state index in [9.17, 15) is 24.3 Å². The van der Waals surface area contributed by atoms with Gasteiger partial charge in [0.05, 0.1) is 17.3 Å². The molecule has 0 bridgehead atoms. The molecule has 2 fully saturated rings. The van der Waals surface area contributed by atoms with Gasteiger partial charge in [0.1, 0.15) is 0 Å². The van der Waals surface area contributed by atoms with Gasteiger partial charge in [-0.3, -0.25) is 19.2 Å². The molecule has 196 valence electrons. The van der Waals surface area contributed by atoms with Crippen molar-refractivity contribution in [2.45, 2.75) is 63.1 Å². The number of aromatic nitrogens is 1. The molecule has 0 saturated heterocycles. The van der Waals surface area contributed by atoms with Gasteiger partial charge in [-0.15, -0.1) is 0 Å². The van der Waals surface area contributed by atoms with Crippen LogP contribution in [0.1, 0.15) is 66.9 Å². The molecule has 1 aliphatic heterocycles. The molecule has 2 amide bonds. The molecule has 0 radical (unpaired) electrons. The highest BCUT2D eigenvalue weighted by Gasteiger charge is 2.51. The van der Waals surface area contributed by atoms with Crippen LogP contribution in [0.15, 0.2) is 59.5 Å². The van der Waals surface area contributed by atoms with Crippen LogP contribution in [0, 0.1) is 5.92 Å². The first-order valence-corrected chi connectivity index (χ1v) is 14.0. The molecule has 2 heterocycles.